The van der Waals surface area contributed by atoms with Crippen molar-refractivity contribution in [1.29, 1.82) is 0 Å². The first-order valence-corrected chi connectivity index (χ1v) is 8.59. The van der Waals surface area contributed by atoms with Crippen molar-refractivity contribution in [3.05, 3.63) is 47.7 Å². The quantitative estimate of drug-likeness (QED) is 0.375. The number of rotatable bonds is 7. The number of anilines is 2. The van der Waals surface area contributed by atoms with Crippen LogP contribution in [0.2, 0.25) is 0 Å². The van der Waals surface area contributed by atoms with Gasteiger partial charge in [-0.05, 0) is 36.5 Å². The second-order valence-electron chi connectivity index (χ2n) is 6.32. The number of fused-ring (bicyclic) bond motifs is 1. The van der Waals surface area contributed by atoms with E-state index >= 15 is 0 Å². The molecule has 0 atom stereocenters. The monoisotopic (exact) mass is 371 g/mol. The normalized spacial score (nSPS) is 13.7. The molecule has 0 radical (unpaired) electrons. The maximum Gasteiger partial charge on any atom is 0.295 e. The van der Waals surface area contributed by atoms with Crippen molar-refractivity contribution in [2.45, 2.75) is 18.8 Å². The fourth-order valence-electron chi connectivity index (χ4n) is 2.85. The van der Waals surface area contributed by atoms with E-state index in [0.717, 1.165) is 18.4 Å². The minimum atomic E-state index is -0.627. The zero-order valence-electron chi connectivity index (χ0n) is 14.3. The van der Waals surface area contributed by atoms with Crippen LogP contribution in [0.15, 0.2) is 30.6 Å². The predicted molar refractivity (Wildman–Crippen MR) is 96.1 cm³/mol. The number of aromatic amines is 1. The predicted octanol–water partition coefficient (Wildman–Crippen LogP) is 2.37. The fourth-order valence-corrected chi connectivity index (χ4v) is 2.85. The van der Waals surface area contributed by atoms with E-state index < -0.39 is 11.7 Å². The molecule has 0 bridgehead atoms. The van der Waals surface area contributed by atoms with E-state index in [4.69, 9.17) is 9.94 Å². The second kappa shape index (κ2) is 7.29. The molecule has 27 heavy (non-hydrogen) atoms. The summed E-state index contributed by atoms with van der Waals surface area (Å²) in [4.78, 5) is 21.4. The molecule has 1 saturated carbocycles. The van der Waals surface area contributed by atoms with E-state index in [1.54, 1.807) is 12.3 Å². The largest absolute Gasteiger partial charge is 0.394 e. The summed E-state index contributed by atoms with van der Waals surface area (Å²) in [7, 11) is 0. The van der Waals surface area contributed by atoms with Crippen LogP contribution in [-0.4, -0.2) is 39.4 Å². The number of carbonyl (C=O) groups excluding carboxylic acids is 1. The molecular formula is C18H18FN5O3. The van der Waals surface area contributed by atoms with Gasteiger partial charge in [0, 0.05) is 11.6 Å². The maximum absolute atomic E-state index is 14.6. The third-order valence-electron chi connectivity index (χ3n) is 4.36. The smallest absolute Gasteiger partial charge is 0.295 e. The van der Waals surface area contributed by atoms with Gasteiger partial charge in [0.2, 0.25) is 0 Å². The van der Waals surface area contributed by atoms with Crippen LogP contribution in [0.4, 0.5) is 15.8 Å². The molecule has 1 aliphatic rings. The van der Waals surface area contributed by atoms with Crippen LogP contribution >= 0.6 is 0 Å². The number of amides is 1. The number of aliphatic hydroxyl groups excluding tert-OH is 1. The van der Waals surface area contributed by atoms with Crippen LogP contribution in [0.3, 0.4) is 0 Å². The molecule has 4 rings (SSSR count). The number of hydrogen-bond donors (Lipinski definition) is 4. The van der Waals surface area contributed by atoms with Gasteiger partial charge in [0.15, 0.2) is 5.69 Å². The molecule has 0 unspecified atom stereocenters. The van der Waals surface area contributed by atoms with E-state index in [2.05, 4.69) is 26.0 Å². The van der Waals surface area contributed by atoms with Crippen molar-refractivity contribution in [3.63, 3.8) is 0 Å². The van der Waals surface area contributed by atoms with Crippen LogP contribution in [-0.2, 0) is 4.84 Å². The zero-order valence-corrected chi connectivity index (χ0v) is 14.3. The Balaban J connectivity index is 1.67. The van der Waals surface area contributed by atoms with Crippen molar-refractivity contribution in [2.75, 3.05) is 18.5 Å². The summed E-state index contributed by atoms with van der Waals surface area (Å²) in [6.45, 7) is -0.297. The van der Waals surface area contributed by atoms with Crippen LogP contribution in [0.5, 0.6) is 0 Å². The van der Waals surface area contributed by atoms with Crippen molar-refractivity contribution < 1.29 is 19.1 Å². The Labute approximate surface area is 153 Å². The molecule has 4 N–H and O–H groups in total. The van der Waals surface area contributed by atoms with E-state index in [-0.39, 0.29) is 30.3 Å². The average molecular weight is 371 g/mol. The summed E-state index contributed by atoms with van der Waals surface area (Å²) < 4.78 is 14.6. The minimum absolute atomic E-state index is 0.00959. The van der Waals surface area contributed by atoms with E-state index in [0.29, 0.717) is 16.8 Å². The molecule has 1 fully saturated rings. The molecule has 2 heterocycles. The summed E-state index contributed by atoms with van der Waals surface area (Å²) in [6.07, 6.45) is 5.21. The number of halogens is 1. The first kappa shape index (κ1) is 17.4. The highest BCUT2D eigenvalue weighted by Crippen LogP contribution is 2.41. The first-order valence-electron chi connectivity index (χ1n) is 8.59. The molecule has 0 aliphatic heterocycles. The highest BCUT2D eigenvalue weighted by Gasteiger charge is 2.25. The molecule has 3 aromatic rings. The molecule has 1 amide bonds. The van der Waals surface area contributed by atoms with Gasteiger partial charge in [0.1, 0.15) is 5.82 Å². The van der Waals surface area contributed by atoms with Gasteiger partial charge < -0.3 is 10.4 Å². The number of carbonyl (C=O) groups is 1. The number of pyridine rings is 1. The summed E-state index contributed by atoms with van der Waals surface area (Å²) in [6, 6.07) is 5.06. The Hall–Kier alpha value is -3.04. The Morgan fingerprint density at radius 1 is 1.37 bits per heavy atom. The van der Waals surface area contributed by atoms with Crippen molar-refractivity contribution in [2.24, 2.45) is 0 Å². The van der Waals surface area contributed by atoms with E-state index in [9.17, 15) is 9.18 Å². The molecule has 9 heteroatoms. The lowest BCUT2D eigenvalue weighted by molar-refractivity contribution is 0.0165. The topological polar surface area (TPSA) is 112 Å². The minimum Gasteiger partial charge on any atom is -0.394 e. The summed E-state index contributed by atoms with van der Waals surface area (Å²) in [5.74, 6) is -0.590. The lowest BCUT2D eigenvalue weighted by Crippen LogP contribution is -2.26. The average Bonchev–Trinajstić information content (AvgIpc) is 3.40. The Kier molecular flexibility index (Phi) is 4.69. The third kappa shape index (κ3) is 3.60. The molecule has 1 aliphatic carbocycles. The number of H-pyrrole nitrogens is 1. The molecule has 0 spiro atoms. The standard InChI is InChI=1S/C18H18FN5O3/c19-13-7-11(10-1-2-10)3-4-14(13)22-16-15-12(9-21-23-15)8-20-17(16)18(26)24-27-6-5-25/h3-4,7-10,22,25H,1-2,5-6H2,(H,21,23)(H,24,26). The molecule has 1 aromatic carbocycles. The fraction of sp³-hybridized carbons (Fsp3) is 0.278. The van der Waals surface area contributed by atoms with Gasteiger partial charge in [-0.3, -0.25) is 14.7 Å². The summed E-state index contributed by atoms with van der Waals surface area (Å²) in [5.41, 5.74) is 4.22. The Morgan fingerprint density at radius 2 is 2.22 bits per heavy atom. The number of nitrogens with zero attached hydrogens (tertiary/aromatic N) is 2. The molecule has 0 saturated heterocycles. The van der Waals surface area contributed by atoms with Gasteiger partial charge in [0.05, 0.1) is 36.3 Å². The van der Waals surface area contributed by atoms with Crippen molar-refractivity contribution in [1.82, 2.24) is 20.7 Å². The van der Waals surface area contributed by atoms with Gasteiger partial charge in [-0.25, -0.2) is 14.9 Å². The van der Waals surface area contributed by atoms with E-state index in [1.165, 1.54) is 12.3 Å². The van der Waals surface area contributed by atoms with E-state index in [1.807, 2.05) is 6.07 Å². The lowest BCUT2D eigenvalue weighted by atomic mass is 10.1. The van der Waals surface area contributed by atoms with Crippen LogP contribution in [0.1, 0.15) is 34.8 Å². The highest BCUT2D eigenvalue weighted by molar-refractivity contribution is 6.05. The van der Waals surface area contributed by atoms with Crippen molar-refractivity contribution in [3.8, 4) is 0 Å². The Bertz CT molecular complexity index is 986. The zero-order chi connectivity index (χ0) is 18.8. The Morgan fingerprint density at radius 3 is 2.96 bits per heavy atom. The number of hydrogen-bond acceptors (Lipinski definition) is 6. The molecule has 8 nitrogen and oxygen atoms in total. The van der Waals surface area contributed by atoms with Gasteiger partial charge in [-0.1, -0.05) is 6.07 Å². The SMILES string of the molecule is O=C(NOCCO)c1ncc2cn[nH]c2c1Nc1ccc(C2CC2)cc1F. The van der Waals surface area contributed by atoms with Gasteiger partial charge >= 0.3 is 0 Å². The number of aliphatic hydroxyl groups is 1. The lowest BCUT2D eigenvalue weighted by Gasteiger charge is -2.13. The van der Waals surface area contributed by atoms with Gasteiger partial charge in [-0.15, -0.1) is 0 Å². The maximum atomic E-state index is 14.6. The number of hydroxylamine groups is 1. The van der Waals surface area contributed by atoms with Crippen LogP contribution < -0.4 is 10.8 Å². The van der Waals surface area contributed by atoms with Crippen LogP contribution in [0.25, 0.3) is 10.9 Å². The number of aromatic nitrogens is 3. The second-order valence-corrected chi connectivity index (χ2v) is 6.32. The molecule has 140 valence electrons. The van der Waals surface area contributed by atoms with Crippen LogP contribution in [0, 0.1) is 5.82 Å². The number of benzene rings is 1. The summed E-state index contributed by atoms with van der Waals surface area (Å²) >= 11 is 0. The molecular weight excluding hydrogens is 353 g/mol. The van der Waals surface area contributed by atoms with Gasteiger partial charge in [-0.2, -0.15) is 5.10 Å². The van der Waals surface area contributed by atoms with Crippen molar-refractivity contribution >= 4 is 28.2 Å². The summed E-state index contributed by atoms with van der Waals surface area (Å²) in [5, 5.41) is 19.1. The van der Waals surface area contributed by atoms with Gasteiger partial charge in [0.25, 0.3) is 5.91 Å². The highest BCUT2D eigenvalue weighted by atomic mass is 19.1. The first-order chi connectivity index (χ1) is 13.2. The third-order valence-corrected chi connectivity index (χ3v) is 4.36. The molecule has 2 aromatic heterocycles. The number of nitrogens with one attached hydrogen (secondary N) is 3.